The Hall–Kier alpha value is -0.170. The van der Waals surface area contributed by atoms with Crippen molar-refractivity contribution in [3.63, 3.8) is 0 Å². The minimum absolute atomic E-state index is 0.257. The maximum atomic E-state index is 12.0. The first-order chi connectivity index (χ1) is 9.55. The molecule has 5 nitrogen and oxygen atoms in total. The summed E-state index contributed by atoms with van der Waals surface area (Å²) in [4.78, 5) is 2.29. The third kappa shape index (κ3) is 5.68. The Labute approximate surface area is 123 Å². The normalized spacial score (nSPS) is 29.4. The van der Waals surface area contributed by atoms with E-state index < -0.39 is 10.0 Å². The fraction of sp³-hybridized carbons (Fsp3) is 1.00. The van der Waals surface area contributed by atoms with Crippen LogP contribution in [0.2, 0.25) is 0 Å². The number of nitrogens with one attached hydrogen (secondary N) is 2. The zero-order valence-electron chi connectivity index (χ0n) is 12.6. The van der Waals surface area contributed by atoms with Crippen molar-refractivity contribution in [1.82, 2.24) is 14.9 Å². The van der Waals surface area contributed by atoms with Crippen LogP contribution in [0.4, 0.5) is 0 Å². The molecular weight excluding hydrogens is 274 g/mol. The molecule has 0 spiro atoms. The van der Waals surface area contributed by atoms with E-state index in [-0.39, 0.29) is 5.75 Å². The highest BCUT2D eigenvalue weighted by atomic mass is 32.2. The van der Waals surface area contributed by atoms with E-state index in [0.29, 0.717) is 18.5 Å². The van der Waals surface area contributed by atoms with Crippen LogP contribution >= 0.6 is 0 Å². The molecule has 6 heteroatoms. The first-order valence-electron chi connectivity index (χ1n) is 7.94. The van der Waals surface area contributed by atoms with Gasteiger partial charge in [0.15, 0.2) is 0 Å². The number of rotatable bonds is 6. The van der Waals surface area contributed by atoms with Gasteiger partial charge in [-0.25, -0.2) is 13.1 Å². The van der Waals surface area contributed by atoms with Crippen molar-refractivity contribution >= 4 is 10.0 Å². The third-order valence-electron chi connectivity index (χ3n) is 4.46. The van der Waals surface area contributed by atoms with Crippen LogP contribution in [0.1, 0.15) is 38.5 Å². The molecule has 0 aromatic rings. The van der Waals surface area contributed by atoms with Gasteiger partial charge in [0, 0.05) is 19.1 Å². The summed E-state index contributed by atoms with van der Waals surface area (Å²) in [5, 5.41) is 3.40. The molecule has 118 valence electrons. The molecule has 0 saturated carbocycles. The molecule has 2 N–H and O–H groups in total. The van der Waals surface area contributed by atoms with Crippen LogP contribution in [0.15, 0.2) is 0 Å². The van der Waals surface area contributed by atoms with Gasteiger partial charge in [-0.15, -0.1) is 0 Å². The SMILES string of the molecule is CN1CCCC(CNS(=O)(=O)CCC2CCCCN2)C1. The second-order valence-electron chi connectivity index (χ2n) is 6.37. The summed E-state index contributed by atoms with van der Waals surface area (Å²) in [7, 11) is -1.000. The molecule has 2 aliphatic rings. The monoisotopic (exact) mass is 303 g/mol. The van der Waals surface area contributed by atoms with Gasteiger partial charge in [0.05, 0.1) is 5.75 Å². The van der Waals surface area contributed by atoms with E-state index in [4.69, 9.17) is 0 Å². The summed E-state index contributed by atoms with van der Waals surface area (Å²) in [5.41, 5.74) is 0. The molecule has 0 aliphatic carbocycles. The number of hydrogen-bond acceptors (Lipinski definition) is 4. The molecule has 20 heavy (non-hydrogen) atoms. The maximum absolute atomic E-state index is 12.0. The predicted octanol–water partition coefficient (Wildman–Crippen LogP) is 0.780. The molecule has 2 heterocycles. The molecule has 2 atom stereocenters. The zero-order valence-corrected chi connectivity index (χ0v) is 13.4. The summed E-state index contributed by atoms with van der Waals surface area (Å²) >= 11 is 0. The summed E-state index contributed by atoms with van der Waals surface area (Å²) < 4.78 is 26.9. The predicted molar refractivity (Wildman–Crippen MR) is 82.3 cm³/mol. The second kappa shape index (κ2) is 7.73. The van der Waals surface area contributed by atoms with Crippen molar-refractivity contribution in [1.29, 1.82) is 0 Å². The number of piperidine rings is 2. The van der Waals surface area contributed by atoms with Crippen molar-refractivity contribution in [2.75, 3.05) is 39.0 Å². The molecule has 2 saturated heterocycles. The Bertz CT molecular complexity index is 380. The average Bonchev–Trinajstić information content (AvgIpc) is 2.45. The lowest BCUT2D eigenvalue weighted by Crippen LogP contribution is -2.41. The van der Waals surface area contributed by atoms with Gasteiger partial charge in [-0.1, -0.05) is 6.42 Å². The van der Waals surface area contributed by atoms with E-state index in [1.165, 1.54) is 19.3 Å². The average molecular weight is 303 g/mol. The van der Waals surface area contributed by atoms with Crippen LogP contribution in [0.25, 0.3) is 0 Å². The van der Waals surface area contributed by atoms with Crippen LogP contribution in [0.5, 0.6) is 0 Å². The molecule has 2 fully saturated rings. The minimum Gasteiger partial charge on any atom is -0.314 e. The van der Waals surface area contributed by atoms with Gasteiger partial charge in [-0.3, -0.25) is 0 Å². The molecule has 0 bridgehead atoms. The molecule has 0 aromatic heterocycles. The molecule has 2 aliphatic heterocycles. The largest absolute Gasteiger partial charge is 0.314 e. The summed E-state index contributed by atoms with van der Waals surface area (Å²) in [6.45, 7) is 3.78. The van der Waals surface area contributed by atoms with Gasteiger partial charge in [0.2, 0.25) is 10.0 Å². The smallest absolute Gasteiger partial charge is 0.211 e. The number of nitrogens with zero attached hydrogens (tertiary/aromatic N) is 1. The lowest BCUT2D eigenvalue weighted by molar-refractivity contribution is 0.211. The van der Waals surface area contributed by atoms with Crippen molar-refractivity contribution in [3.8, 4) is 0 Å². The third-order valence-corrected chi connectivity index (χ3v) is 5.84. The van der Waals surface area contributed by atoms with Gasteiger partial charge < -0.3 is 10.2 Å². The van der Waals surface area contributed by atoms with E-state index >= 15 is 0 Å². The van der Waals surface area contributed by atoms with Crippen LogP contribution in [0, 0.1) is 5.92 Å². The van der Waals surface area contributed by atoms with Crippen LogP contribution < -0.4 is 10.0 Å². The maximum Gasteiger partial charge on any atom is 0.211 e. The lowest BCUT2D eigenvalue weighted by Gasteiger charge is -2.29. The number of sulfonamides is 1. The minimum atomic E-state index is -3.11. The first kappa shape index (κ1) is 16.2. The van der Waals surface area contributed by atoms with E-state index in [1.54, 1.807) is 0 Å². The standard InChI is InChI=1S/C14H29N3O2S/c1-17-9-4-5-13(12-17)11-16-20(18,19)10-7-14-6-2-3-8-15-14/h13-16H,2-12H2,1H3. The van der Waals surface area contributed by atoms with Gasteiger partial charge in [-0.2, -0.15) is 0 Å². The van der Waals surface area contributed by atoms with Gasteiger partial charge >= 0.3 is 0 Å². The van der Waals surface area contributed by atoms with Crippen LogP contribution in [0.3, 0.4) is 0 Å². The summed E-state index contributed by atoms with van der Waals surface area (Å²) in [6.07, 6.45) is 6.60. The van der Waals surface area contributed by atoms with E-state index in [1.807, 2.05) is 0 Å². The van der Waals surface area contributed by atoms with Crippen molar-refractivity contribution in [2.45, 2.75) is 44.6 Å². The van der Waals surface area contributed by atoms with Crippen molar-refractivity contribution < 1.29 is 8.42 Å². The fourth-order valence-electron chi connectivity index (χ4n) is 3.22. The first-order valence-corrected chi connectivity index (χ1v) is 9.60. The molecule has 2 unspecified atom stereocenters. The number of hydrogen-bond donors (Lipinski definition) is 2. The fourth-order valence-corrected chi connectivity index (χ4v) is 4.45. The lowest BCUT2D eigenvalue weighted by atomic mass is 9.99. The van der Waals surface area contributed by atoms with Crippen LogP contribution in [-0.2, 0) is 10.0 Å². The van der Waals surface area contributed by atoms with Crippen LogP contribution in [-0.4, -0.2) is 58.3 Å². The Morgan fingerprint density at radius 3 is 2.80 bits per heavy atom. The van der Waals surface area contributed by atoms with Gasteiger partial charge in [0.1, 0.15) is 0 Å². The summed E-state index contributed by atoms with van der Waals surface area (Å²) in [6, 6.07) is 0.390. The Balaban J connectivity index is 1.67. The number of likely N-dealkylation sites (tertiary alicyclic amines) is 1. The highest BCUT2D eigenvalue weighted by molar-refractivity contribution is 7.89. The topological polar surface area (TPSA) is 61.4 Å². The van der Waals surface area contributed by atoms with E-state index in [9.17, 15) is 8.42 Å². The molecular formula is C14H29N3O2S. The quantitative estimate of drug-likeness (QED) is 0.761. The Kier molecular flexibility index (Phi) is 6.26. The zero-order chi connectivity index (χ0) is 14.4. The molecule has 0 amide bonds. The highest BCUT2D eigenvalue weighted by Crippen LogP contribution is 2.15. The molecule has 2 rings (SSSR count). The Morgan fingerprint density at radius 1 is 1.25 bits per heavy atom. The van der Waals surface area contributed by atoms with Gasteiger partial charge in [0.25, 0.3) is 0 Å². The van der Waals surface area contributed by atoms with Crippen molar-refractivity contribution in [3.05, 3.63) is 0 Å². The summed E-state index contributed by atoms with van der Waals surface area (Å²) in [5.74, 6) is 0.726. The molecule has 0 aromatic carbocycles. The highest BCUT2D eigenvalue weighted by Gasteiger charge is 2.21. The van der Waals surface area contributed by atoms with Crippen molar-refractivity contribution in [2.24, 2.45) is 5.92 Å². The second-order valence-corrected chi connectivity index (χ2v) is 8.30. The van der Waals surface area contributed by atoms with Gasteiger partial charge in [-0.05, 0) is 58.2 Å². The van der Waals surface area contributed by atoms with E-state index in [0.717, 1.165) is 38.9 Å². The Morgan fingerprint density at radius 2 is 2.10 bits per heavy atom. The molecule has 0 radical (unpaired) electrons. The van der Waals surface area contributed by atoms with E-state index in [2.05, 4.69) is 22.0 Å².